The lowest BCUT2D eigenvalue weighted by atomic mass is 10.1. The third kappa shape index (κ3) is 5.62. The van der Waals surface area contributed by atoms with Crippen LogP contribution in [0.15, 0.2) is 62.2 Å². The highest BCUT2D eigenvalue weighted by atomic mass is 79.9. The SMILES string of the molecule is O=C1NC(=O)/C(=C\c2ccc(C(=O)Nc3nnc(SCc4ccccc4Br)s3)cc2)S1. The number of aromatic nitrogens is 2. The summed E-state index contributed by atoms with van der Waals surface area (Å²) >= 11 is 7.23. The Labute approximate surface area is 198 Å². The minimum atomic E-state index is -0.415. The second-order valence-corrected chi connectivity index (χ2v) is 10.3. The highest BCUT2D eigenvalue weighted by Crippen LogP contribution is 2.31. The molecule has 0 saturated carbocycles. The number of benzene rings is 2. The van der Waals surface area contributed by atoms with Gasteiger partial charge in [0.25, 0.3) is 17.1 Å². The predicted molar refractivity (Wildman–Crippen MR) is 127 cm³/mol. The van der Waals surface area contributed by atoms with Crippen molar-refractivity contribution in [2.75, 3.05) is 5.32 Å². The molecule has 0 atom stereocenters. The van der Waals surface area contributed by atoms with Gasteiger partial charge in [-0.05, 0) is 47.2 Å². The third-order valence-corrected chi connectivity index (χ3v) is 7.65. The molecule has 1 aliphatic heterocycles. The summed E-state index contributed by atoms with van der Waals surface area (Å²) in [4.78, 5) is 35.6. The Morgan fingerprint density at radius 3 is 2.61 bits per heavy atom. The number of anilines is 1. The molecule has 1 aliphatic rings. The summed E-state index contributed by atoms with van der Waals surface area (Å²) in [7, 11) is 0. The number of halogens is 1. The Hall–Kier alpha value is -2.47. The molecule has 0 spiro atoms. The van der Waals surface area contributed by atoms with Crippen molar-refractivity contribution in [3.63, 3.8) is 0 Å². The third-order valence-electron chi connectivity index (χ3n) is 4.05. The fraction of sp³-hybridized carbons (Fsp3) is 0.0500. The summed E-state index contributed by atoms with van der Waals surface area (Å²) < 4.78 is 1.80. The van der Waals surface area contributed by atoms with E-state index < -0.39 is 11.1 Å². The van der Waals surface area contributed by atoms with Crippen LogP contribution in [0.3, 0.4) is 0 Å². The molecule has 0 bridgehead atoms. The van der Waals surface area contributed by atoms with Crippen LogP contribution in [-0.2, 0) is 10.5 Å². The Morgan fingerprint density at radius 1 is 1.13 bits per heavy atom. The average Bonchev–Trinajstić information content (AvgIpc) is 3.33. The standard InChI is InChI=1S/C20H13BrN4O3S3/c21-14-4-2-1-3-13(14)10-29-20-25-24-18(31-20)22-16(26)12-7-5-11(6-8-12)9-15-17(27)23-19(28)30-15/h1-9H,10H2,(H,22,24,26)(H,23,27,28)/b15-9+. The predicted octanol–water partition coefficient (Wildman–Crippen LogP) is 5.17. The van der Waals surface area contributed by atoms with Gasteiger partial charge in [-0.2, -0.15) is 0 Å². The van der Waals surface area contributed by atoms with E-state index in [4.69, 9.17) is 0 Å². The summed E-state index contributed by atoms with van der Waals surface area (Å²) in [6.45, 7) is 0. The first kappa shape index (κ1) is 21.8. The number of carbonyl (C=O) groups excluding carboxylic acids is 3. The van der Waals surface area contributed by atoms with Crippen molar-refractivity contribution in [1.82, 2.24) is 15.5 Å². The van der Waals surface area contributed by atoms with Gasteiger partial charge in [0.1, 0.15) is 0 Å². The Bertz CT molecular complexity index is 1190. The molecule has 7 nitrogen and oxygen atoms in total. The molecular weight excluding hydrogens is 520 g/mol. The Kier molecular flexibility index (Phi) is 6.86. The minimum absolute atomic E-state index is 0.305. The minimum Gasteiger partial charge on any atom is -0.296 e. The lowest BCUT2D eigenvalue weighted by Gasteiger charge is -2.02. The van der Waals surface area contributed by atoms with Crippen LogP contribution >= 0.6 is 50.8 Å². The second-order valence-electron chi connectivity index (χ2n) is 6.18. The topological polar surface area (TPSA) is 101 Å². The number of thioether (sulfide) groups is 2. The van der Waals surface area contributed by atoms with Crippen LogP contribution in [0.1, 0.15) is 21.5 Å². The van der Waals surface area contributed by atoms with Gasteiger partial charge in [-0.15, -0.1) is 10.2 Å². The first-order valence-electron chi connectivity index (χ1n) is 8.84. The molecule has 1 fully saturated rings. The van der Waals surface area contributed by atoms with E-state index in [1.807, 2.05) is 24.3 Å². The smallest absolute Gasteiger partial charge is 0.290 e. The summed E-state index contributed by atoms with van der Waals surface area (Å²) in [5.74, 6) is 0.0188. The number of amides is 3. The van der Waals surface area contributed by atoms with Gasteiger partial charge >= 0.3 is 0 Å². The van der Waals surface area contributed by atoms with Gasteiger partial charge in [0, 0.05) is 15.8 Å². The van der Waals surface area contributed by atoms with Crippen LogP contribution in [0, 0.1) is 0 Å². The molecule has 1 saturated heterocycles. The van der Waals surface area contributed by atoms with Gasteiger partial charge in [-0.3, -0.25) is 25.0 Å². The number of imide groups is 1. The highest BCUT2D eigenvalue weighted by molar-refractivity contribution is 9.10. The molecule has 4 rings (SSSR count). The second kappa shape index (κ2) is 9.77. The molecule has 0 unspecified atom stereocenters. The molecule has 2 heterocycles. The Morgan fingerprint density at radius 2 is 1.90 bits per heavy atom. The van der Waals surface area contributed by atoms with Gasteiger partial charge in [0.15, 0.2) is 4.34 Å². The lowest BCUT2D eigenvalue weighted by molar-refractivity contribution is -0.115. The van der Waals surface area contributed by atoms with Gasteiger partial charge in [0.2, 0.25) is 5.13 Å². The zero-order valence-electron chi connectivity index (χ0n) is 15.6. The monoisotopic (exact) mass is 532 g/mol. The van der Waals surface area contributed by atoms with E-state index in [1.54, 1.807) is 42.1 Å². The Balaban J connectivity index is 1.35. The zero-order chi connectivity index (χ0) is 21.8. The van der Waals surface area contributed by atoms with Crippen molar-refractivity contribution < 1.29 is 14.4 Å². The highest BCUT2D eigenvalue weighted by Gasteiger charge is 2.24. The largest absolute Gasteiger partial charge is 0.296 e. The van der Waals surface area contributed by atoms with E-state index in [-0.39, 0.29) is 5.91 Å². The molecule has 2 N–H and O–H groups in total. The quantitative estimate of drug-likeness (QED) is 0.256. The fourth-order valence-electron chi connectivity index (χ4n) is 2.55. The summed E-state index contributed by atoms with van der Waals surface area (Å²) in [6, 6.07) is 14.7. The number of carbonyl (C=O) groups is 3. The molecule has 3 aromatic rings. The number of nitrogens with zero attached hydrogens (tertiary/aromatic N) is 2. The molecule has 31 heavy (non-hydrogen) atoms. The van der Waals surface area contributed by atoms with Crippen LogP contribution < -0.4 is 10.6 Å². The molecule has 0 aliphatic carbocycles. The van der Waals surface area contributed by atoms with Gasteiger partial charge in [-0.25, -0.2) is 0 Å². The number of nitrogens with one attached hydrogen (secondary N) is 2. The molecule has 2 aromatic carbocycles. The van der Waals surface area contributed by atoms with E-state index >= 15 is 0 Å². The van der Waals surface area contributed by atoms with E-state index in [0.29, 0.717) is 21.2 Å². The van der Waals surface area contributed by atoms with Crippen molar-refractivity contribution in [2.45, 2.75) is 10.1 Å². The van der Waals surface area contributed by atoms with Gasteiger partial charge in [0.05, 0.1) is 4.91 Å². The normalized spacial score (nSPS) is 14.7. The summed E-state index contributed by atoms with van der Waals surface area (Å²) in [6.07, 6.45) is 1.60. The van der Waals surface area contributed by atoms with Gasteiger partial charge in [-0.1, -0.05) is 69.4 Å². The van der Waals surface area contributed by atoms with Crippen molar-refractivity contribution in [2.24, 2.45) is 0 Å². The lowest BCUT2D eigenvalue weighted by Crippen LogP contribution is -2.17. The van der Waals surface area contributed by atoms with Crippen molar-refractivity contribution in [3.05, 3.63) is 74.6 Å². The van der Waals surface area contributed by atoms with Crippen LogP contribution in [-0.4, -0.2) is 27.3 Å². The van der Waals surface area contributed by atoms with E-state index in [0.717, 1.165) is 31.9 Å². The number of rotatable bonds is 6. The molecular formula is C20H13BrN4O3S3. The van der Waals surface area contributed by atoms with Crippen molar-refractivity contribution in [1.29, 1.82) is 0 Å². The molecule has 156 valence electrons. The molecule has 0 radical (unpaired) electrons. The first-order chi connectivity index (χ1) is 15.0. The van der Waals surface area contributed by atoms with E-state index in [1.165, 1.54) is 11.3 Å². The van der Waals surface area contributed by atoms with Crippen molar-refractivity contribution in [3.8, 4) is 0 Å². The van der Waals surface area contributed by atoms with Crippen molar-refractivity contribution >= 4 is 79.1 Å². The molecule has 1 aromatic heterocycles. The van der Waals surface area contributed by atoms with Crippen LogP contribution in [0.4, 0.5) is 9.93 Å². The molecule has 3 amide bonds. The van der Waals surface area contributed by atoms with Crippen LogP contribution in [0.5, 0.6) is 0 Å². The first-order valence-corrected chi connectivity index (χ1v) is 12.2. The maximum absolute atomic E-state index is 12.5. The van der Waals surface area contributed by atoms with E-state index in [2.05, 4.69) is 36.8 Å². The number of hydrogen-bond acceptors (Lipinski definition) is 8. The molecule has 11 heteroatoms. The fourth-order valence-corrected chi connectivity index (χ4v) is 5.59. The maximum atomic E-state index is 12.5. The van der Waals surface area contributed by atoms with Crippen LogP contribution in [0.2, 0.25) is 0 Å². The number of hydrogen-bond donors (Lipinski definition) is 2. The van der Waals surface area contributed by atoms with Gasteiger partial charge < -0.3 is 0 Å². The average molecular weight is 533 g/mol. The zero-order valence-corrected chi connectivity index (χ0v) is 19.7. The summed E-state index contributed by atoms with van der Waals surface area (Å²) in [5.41, 5.74) is 2.31. The maximum Gasteiger partial charge on any atom is 0.290 e. The van der Waals surface area contributed by atoms with E-state index in [9.17, 15) is 14.4 Å². The van der Waals surface area contributed by atoms with Crippen LogP contribution in [0.25, 0.3) is 6.08 Å². The summed E-state index contributed by atoms with van der Waals surface area (Å²) in [5, 5.41) is 13.1.